The van der Waals surface area contributed by atoms with Gasteiger partial charge in [-0.05, 0) is 54.8 Å². The monoisotopic (exact) mass is 343 g/mol. The minimum atomic E-state index is -0.0621. The van der Waals surface area contributed by atoms with Crippen LogP contribution in [0.25, 0.3) is 0 Å². The molecular weight excluding hydrogens is 318 g/mol. The number of hydrogen-bond donors (Lipinski definition) is 1. The molecule has 0 aliphatic heterocycles. The number of carbonyl (C=O) groups is 1. The first-order valence-corrected chi connectivity index (χ1v) is 9.48. The van der Waals surface area contributed by atoms with Crippen LogP contribution in [0.3, 0.4) is 0 Å². The largest absolute Gasteiger partial charge is 0.489 e. The number of thioether (sulfide) groups is 1. The molecule has 0 aromatic heterocycles. The summed E-state index contributed by atoms with van der Waals surface area (Å²) in [6.07, 6.45) is 3.72. The van der Waals surface area contributed by atoms with Gasteiger partial charge in [0, 0.05) is 11.3 Å². The van der Waals surface area contributed by atoms with E-state index in [1.807, 2.05) is 18.2 Å². The van der Waals surface area contributed by atoms with E-state index in [1.54, 1.807) is 6.26 Å². The van der Waals surface area contributed by atoms with Crippen LogP contribution in [-0.4, -0.2) is 11.5 Å². The number of carbonyl (C=O) groups excluding carboxylic acids is 1. The Balaban J connectivity index is 2.18. The van der Waals surface area contributed by atoms with E-state index in [4.69, 9.17) is 4.74 Å². The lowest BCUT2D eigenvalue weighted by Crippen LogP contribution is -2.09. The van der Waals surface area contributed by atoms with Crippen LogP contribution in [0, 0.1) is 6.92 Å². The van der Waals surface area contributed by atoms with E-state index in [1.165, 1.54) is 22.9 Å². The Bertz CT molecular complexity index is 713. The number of rotatable bonds is 6. The molecule has 3 nitrogen and oxygen atoms in total. The summed E-state index contributed by atoms with van der Waals surface area (Å²) in [6, 6.07) is 12.4. The van der Waals surface area contributed by atoms with E-state index in [-0.39, 0.29) is 5.24 Å². The Hall–Kier alpha value is -1.94. The van der Waals surface area contributed by atoms with E-state index in [0.29, 0.717) is 6.61 Å². The van der Waals surface area contributed by atoms with Crippen LogP contribution in [0.4, 0.5) is 10.5 Å². The van der Waals surface area contributed by atoms with Gasteiger partial charge in [-0.25, -0.2) is 0 Å². The van der Waals surface area contributed by atoms with Gasteiger partial charge in [0.25, 0.3) is 5.24 Å². The second kappa shape index (κ2) is 8.78. The summed E-state index contributed by atoms with van der Waals surface area (Å²) >= 11 is 1.17. The van der Waals surface area contributed by atoms with Gasteiger partial charge in [0.2, 0.25) is 0 Å². The standard InChI is InChI=1S/C20H25NO2S/c1-5-15-8-10-19(14(3)11-15)23-13-17-9-7-16(6-2)12-18(17)21-20(22)24-4/h7-12H,5-6,13H2,1-4H3,(H,21,22). The number of nitrogens with one attached hydrogen (secondary N) is 1. The third kappa shape index (κ3) is 4.78. The van der Waals surface area contributed by atoms with Crippen LogP contribution in [0.15, 0.2) is 36.4 Å². The third-order valence-electron chi connectivity index (χ3n) is 4.04. The van der Waals surface area contributed by atoms with E-state index in [0.717, 1.165) is 35.4 Å². The van der Waals surface area contributed by atoms with E-state index >= 15 is 0 Å². The number of aryl methyl sites for hydroxylation is 3. The van der Waals surface area contributed by atoms with Crippen LogP contribution in [0.2, 0.25) is 0 Å². The molecule has 0 saturated carbocycles. The molecule has 128 valence electrons. The molecule has 2 rings (SSSR count). The summed E-state index contributed by atoms with van der Waals surface area (Å²) in [6.45, 7) is 6.74. The van der Waals surface area contributed by atoms with Crippen molar-refractivity contribution in [3.8, 4) is 5.75 Å². The predicted octanol–water partition coefficient (Wildman–Crippen LogP) is 5.59. The SMILES string of the molecule is CCc1ccc(OCc2ccc(CC)cc2NC(=O)SC)c(C)c1. The molecule has 1 amide bonds. The first-order chi connectivity index (χ1) is 11.6. The summed E-state index contributed by atoms with van der Waals surface area (Å²) in [5, 5.41) is 2.89. The highest BCUT2D eigenvalue weighted by Crippen LogP contribution is 2.24. The Morgan fingerprint density at radius 1 is 1.08 bits per heavy atom. The van der Waals surface area contributed by atoms with E-state index in [9.17, 15) is 4.79 Å². The molecule has 0 bridgehead atoms. The van der Waals surface area contributed by atoms with Gasteiger partial charge in [0.05, 0.1) is 0 Å². The molecule has 1 N–H and O–H groups in total. The number of hydrogen-bond acceptors (Lipinski definition) is 3. The van der Waals surface area contributed by atoms with Crippen molar-refractivity contribution >= 4 is 22.7 Å². The summed E-state index contributed by atoms with van der Waals surface area (Å²) in [4.78, 5) is 11.7. The highest BCUT2D eigenvalue weighted by Gasteiger charge is 2.09. The number of amides is 1. The van der Waals surface area contributed by atoms with Crippen molar-refractivity contribution in [1.82, 2.24) is 0 Å². The van der Waals surface area contributed by atoms with Crippen LogP contribution >= 0.6 is 11.8 Å². The zero-order valence-corrected chi connectivity index (χ0v) is 15.6. The van der Waals surface area contributed by atoms with Crippen LogP contribution < -0.4 is 10.1 Å². The molecular formula is C20H25NO2S. The van der Waals surface area contributed by atoms with Crippen molar-refractivity contribution < 1.29 is 9.53 Å². The topological polar surface area (TPSA) is 38.3 Å². The number of anilines is 1. The lowest BCUT2D eigenvalue weighted by Gasteiger charge is -2.15. The van der Waals surface area contributed by atoms with Gasteiger partial charge in [-0.3, -0.25) is 4.79 Å². The molecule has 0 radical (unpaired) electrons. The number of benzene rings is 2. The molecule has 0 fully saturated rings. The van der Waals surface area contributed by atoms with Gasteiger partial charge < -0.3 is 10.1 Å². The van der Waals surface area contributed by atoms with E-state index < -0.39 is 0 Å². The van der Waals surface area contributed by atoms with Gasteiger partial charge in [-0.15, -0.1) is 0 Å². The summed E-state index contributed by atoms with van der Waals surface area (Å²) in [5.74, 6) is 0.883. The quantitative estimate of drug-likeness (QED) is 0.742. The maximum atomic E-state index is 11.7. The molecule has 0 aliphatic carbocycles. The average Bonchev–Trinajstić information content (AvgIpc) is 2.61. The average molecular weight is 343 g/mol. The van der Waals surface area contributed by atoms with Crippen molar-refractivity contribution in [3.05, 3.63) is 58.7 Å². The van der Waals surface area contributed by atoms with Gasteiger partial charge in [-0.1, -0.05) is 49.9 Å². The third-order valence-corrected chi connectivity index (χ3v) is 4.51. The van der Waals surface area contributed by atoms with Gasteiger partial charge in [-0.2, -0.15) is 0 Å². The molecule has 24 heavy (non-hydrogen) atoms. The lowest BCUT2D eigenvalue weighted by atomic mass is 10.1. The minimum Gasteiger partial charge on any atom is -0.489 e. The van der Waals surface area contributed by atoms with Crippen molar-refractivity contribution in [2.45, 2.75) is 40.2 Å². The Morgan fingerprint density at radius 2 is 1.75 bits per heavy atom. The zero-order chi connectivity index (χ0) is 17.5. The normalized spacial score (nSPS) is 10.5. The van der Waals surface area contributed by atoms with Crippen molar-refractivity contribution in [3.63, 3.8) is 0 Å². The predicted molar refractivity (Wildman–Crippen MR) is 103 cm³/mol. The fraction of sp³-hybridized carbons (Fsp3) is 0.350. The molecule has 0 aliphatic rings. The molecule has 4 heteroatoms. The molecule has 0 spiro atoms. The first-order valence-electron chi connectivity index (χ1n) is 8.26. The minimum absolute atomic E-state index is 0.0621. The van der Waals surface area contributed by atoms with Crippen LogP contribution in [0.1, 0.15) is 36.1 Å². The first kappa shape index (κ1) is 18.4. The second-order valence-corrected chi connectivity index (χ2v) is 6.48. The Labute approximate surface area is 148 Å². The smallest absolute Gasteiger partial charge is 0.283 e. The molecule has 2 aromatic carbocycles. The second-order valence-electron chi connectivity index (χ2n) is 5.70. The molecule has 2 aromatic rings. The Morgan fingerprint density at radius 3 is 2.38 bits per heavy atom. The summed E-state index contributed by atoms with van der Waals surface area (Å²) in [7, 11) is 0. The fourth-order valence-corrected chi connectivity index (χ4v) is 2.71. The van der Waals surface area contributed by atoms with Crippen molar-refractivity contribution in [2.24, 2.45) is 0 Å². The van der Waals surface area contributed by atoms with Crippen LogP contribution in [-0.2, 0) is 19.4 Å². The van der Waals surface area contributed by atoms with Gasteiger partial charge in [0.1, 0.15) is 12.4 Å². The fourth-order valence-electron chi connectivity index (χ4n) is 2.50. The Kier molecular flexibility index (Phi) is 6.73. The zero-order valence-electron chi connectivity index (χ0n) is 14.8. The van der Waals surface area contributed by atoms with Crippen LogP contribution in [0.5, 0.6) is 5.75 Å². The van der Waals surface area contributed by atoms with Crippen molar-refractivity contribution in [2.75, 3.05) is 11.6 Å². The molecule has 0 saturated heterocycles. The van der Waals surface area contributed by atoms with E-state index in [2.05, 4.69) is 44.3 Å². The molecule has 0 heterocycles. The molecule has 0 unspecified atom stereocenters. The number of ether oxygens (including phenoxy) is 1. The van der Waals surface area contributed by atoms with Gasteiger partial charge in [0.15, 0.2) is 0 Å². The lowest BCUT2D eigenvalue weighted by molar-refractivity contribution is 0.269. The highest BCUT2D eigenvalue weighted by atomic mass is 32.2. The summed E-state index contributed by atoms with van der Waals surface area (Å²) in [5.41, 5.74) is 5.44. The molecule has 0 atom stereocenters. The maximum absolute atomic E-state index is 11.7. The van der Waals surface area contributed by atoms with Gasteiger partial charge >= 0.3 is 0 Å². The maximum Gasteiger partial charge on any atom is 0.283 e. The van der Waals surface area contributed by atoms with Crippen molar-refractivity contribution in [1.29, 1.82) is 0 Å². The highest BCUT2D eigenvalue weighted by molar-refractivity contribution is 8.13. The summed E-state index contributed by atoms with van der Waals surface area (Å²) < 4.78 is 5.99.